The fraction of sp³-hybridized carbons (Fsp3) is 0.933. The van der Waals surface area contributed by atoms with Gasteiger partial charge in [-0.15, -0.1) is 0 Å². The lowest BCUT2D eigenvalue weighted by atomic mass is 9.85. The van der Waals surface area contributed by atoms with E-state index in [9.17, 15) is 4.79 Å². The summed E-state index contributed by atoms with van der Waals surface area (Å²) in [5, 5.41) is 3.35. The fourth-order valence-electron chi connectivity index (χ4n) is 2.61. The molecular formula is C15H30N2O2. The molecule has 0 heterocycles. The van der Waals surface area contributed by atoms with Gasteiger partial charge in [-0.1, -0.05) is 20.3 Å². The summed E-state index contributed by atoms with van der Waals surface area (Å²) < 4.78 is 4.97. The van der Waals surface area contributed by atoms with Gasteiger partial charge in [-0.3, -0.25) is 4.79 Å². The Morgan fingerprint density at radius 1 is 1.42 bits per heavy atom. The average molecular weight is 270 g/mol. The number of esters is 1. The van der Waals surface area contributed by atoms with Gasteiger partial charge in [0.15, 0.2) is 0 Å². The number of nitrogens with zero attached hydrogens (tertiary/aromatic N) is 1. The van der Waals surface area contributed by atoms with Crippen LogP contribution in [0.4, 0.5) is 0 Å². The minimum Gasteiger partial charge on any atom is -0.468 e. The molecule has 4 heteroatoms. The van der Waals surface area contributed by atoms with E-state index in [1.54, 1.807) is 0 Å². The van der Waals surface area contributed by atoms with Gasteiger partial charge in [-0.25, -0.2) is 0 Å². The van der Waals surface area contributed by atoms with Crippen molar-refractivity contribution >= 4 is 5.97 Å². The highest BCUT2D eigenvalue weighted by Crippen LogP contribution is 2.27. The van der Waals surface area contributed by atoms with Crippen molar-refractivity contribution in [3.8, 4) is 0 Å². The Balaban J connectivity index is 2.59. The molecule has 1 rings (SSSR count). The molecule has 1 N–H and O–H groups in total. The van der Waals surface area contributed by atoms with E-state index < -0.39 is 5.54 Å². The van der Waals surface area contributed by atoms with Crippen LogP contribution in [-0.2, 0) is 9.53 Å². The van der Waals surface area contributed by atoms with Crippen molar-refractivity contribution in [1.29, 1.82) is 0 Å². The Bertz CT molecular complexity index is 279. The average Bonchev–Trinajstić information content (AvgIpc) is 2.38. The van der Waals surface area contributed by atoms with Gasteiger partial charge < -0.3 is 15.0 Å². The number of likely N-dealkylation sites (N-methyl/N-ethyl adjacent to an activating group) is 1. The number of carbonyl (C=O) groups excluding carboxylic acids is 1. The Kier molecular flexibility index (Phi) is 6.80. The van der Waals surface area contributed by atoms with Gasteiger partial charge in [0.25, 0.3) is 0 Å². The second-order valence-electron chi connectivity index (χ2n) is 5.88. The number of ether oxygens (including phenoxy) is 1. The highest BCUT2D eigenvalue weighted by Gasteiger charge is 2.36. The van der Waals surface area contributed by atoms with Crippen LogP contribution >= 0.6 is 0 Å². The van der Waals surface area contributed by atoms with Crippen LogP contribution in [0.1, 0.15) is 46.5 Å². The molecule has 1 unspecified atom stereocenters. The summed E-state index contributed by atoms with van der Waals surface area (Å²) in [6.45, 7) is 9.89. The molecule has 112 valence electrons. The predicted octanol–water partition coefficient (Wildman–Crippen LogP) is 2.04. The lowest BCUT2D eigenvalue weighted by molar-refractivity contribution is -0.148. The molecular weight excluding hydrogens is 240 g/mol. The summed E-state index contributed by atoms with van der Waals surface area (Å²) >= 11 is 0. The van der Waals surface area contributed by atoms with Gasteiger partial charge in [-0.2, -0.15) is 0 Å². The van der Waals surface area contributed by atoms with E-state index in [-0.39, 0.29) is 5.97 Å². The highest BCUT2D eigenvalue weighted by atomic mass is 16.5. The van der Waals surface area contributed by atoms with Gasteiger partial charge in [0.2, 0.25) is 0 Å². The second kappa shape index (κ2) is 7.85. The molecule has 0 aliphatic heterocycles. The van der Waals surface area contributed by atoms with E-state index >= 15 is 0 Å². The Morgan fingerprint density at radius 2 is 2.11 bits per heavy atom. The molecule has 1 atom stereocenters. The summed E-state index contributed by atoms with van der Waals surface area (Å²) in [7, 11) is 1.47. The van der Waals surface area contributed by atoms with Crippen LogP contribution in [0.2, 0.25) is 0 Å². The molecule has 1 fully saturated rings. The molecule has 1 aliphatic rings. The van der Waals surface area contributed by atoms with E-state index in [1.807, 2.05) is 6.92 Å². The van der Waals surface area contributed by atoms with E-state index in [1.165, 1.54) is 26.4 Å². The number of nitrogens with one attached hydrogen (secondary N) is 1. The van der Waals surface area contributed by atoms with E-state index in [4.69, 9.17) is 4.74 Å². The predicted molar refractivity (Wildman–Crippen MR) is 78.2 cm³/mol. The number of rotatable bonds is 9. The third kappa shape index (κ3) is 4.77. The molecule has 0 aromatic carbocycles. The van der Waals surface area contributed by atoms with Crippen LogP contribution in [0.15, 0.2) is 0 Å². The number of carbonyl (C=O) groups is 1. The maximum absolute atomic E-state index is 12.0. The van der Waals surface area contributed by atoms with Gasteiger partial charge in [0, 0.05) is 13.1 Å². The Hall–Kier alpha value is -0.610. The molecule has 0 saturated heterocycles. The van der Waals surface area contributed by atoms with Crippen molar-refractivity contribution in [2.75, 3.05) is 33.3 Å². The largest absolute Gasteiger partial charge is 0.468 e. The molecule has 0 aromatic rings. The first-order valence-corrected chi connectivity index (χ1v) is 7.61. The van der Waals surface area contributed by atoms with Gasteiger partial charge in [0.05, 0.1) is 7.11 Å². The van der Waals surface area contributed by atoms with Crippen LogP contribution in [0, 0.1) is 5.92 Å². The molecule has 0 radical (unpaired) electrons. The molecule has 0 aromatic heterocycles. The summed E-state index contributed by atoms with van der Waals surface area (Å²) in [5.41, 5.74) is -0.593. The first-order chi connectivity index (χ1) is 9.05. The lowest BCUT2D eigenvalue weighted by Crippen LogP contribution is -2.58. The Morgan fingerprint density at radius 3 is 2.53 bits per heavy atom. The molecule has 0 spiro atoms. The maximum atomic E-state index is 12.0. The van der Waals surface area contributed by atoms with Crippen molar-refractivity contribution in [2.45, 2.75) is 52.0 Å². The molecule has 19 heavy (non-hydrogen) atoms. The first kappa shape index (κ1) is 16.4. The zero-order valence-corrected chi connectivity index (χ0v) is 13.0. The molecule has 1 saturated carbocycles. The molecule has 0 bridgehead atoms. The minimum atomic E-state index is -0.593. The van der Waals surface area contributed by atoms with Crippen molar-refractivity contribution in [2.24, 2.45) is 5.92 Å². The van der Waals surface area contributed by atoms with Crippen LogP contribution in [0.25, 0.3) is 0 Å². The van der Waals surface area contributed by atoms with Gasteiger partial charge in [-0.05, 0) is 45.2 Å². The summed E-state index contributed by atoms with van der Waals surface area (Å²) in [4.78, 5) is 14.4. The molecule has 4 nitrogen and oxygen atoms in total. The zero-order valence-electron chi connectivity index (χ0n) is 13.0. The highest BCUT2D eigenvalue weighted by molar-refractivity contribution is 5.80. The smallest absolute Gasteiger partial charge is 0.327 e. The van der Waals surface area contributed by atoms with E-state index in [0.717, 1.165) is 38.5 Å². The van der Waals surface area contributed by atoms with Crippen molar-refractivity contribution < 1.29 is 9.53 Å². The third-order valence-electron chi connectivity index (χ3n) is 4.13. The topological polar surface area (TPSA) is 41.6 Å². The number of hydrogen-bond acceptors (Lipinski definition) is 4. The number of hydrogen-bond donors (Lipinski definition) is 1. The van der Waals surface area contributed by atoms with Crippen molar-refractivity contribution in [1.82, 2.24) is 10.2 Å². The fourth-order valence-corrected chi connectivity index (χ4v) is 2.61. The maximum Gasteiger partial charge on any atom is 0.327 e. The summed E-state index contributed by atoms with van der Waals surface area (Å²) in [6.07, 6.45) is 5.06. The minimum absolute atomic E-state index is 0.159. The standard InChI is InChI=1S/C15H30N2O2/c1-5-10-16-15(3,14(18)19-4)12-17(6-2)11-13-8-7-9-13/h13,16H,5-12H2,1-4H3. The SMILES string of the molecule is CCCNC(C)(CN(CC)CC1CCC1)C(=O)OC. The van der Waals surface area contributed by atoms with Crippen LogP contribution < -0.4 is 5.32 Å². The lowest BCUT2D eigenvalue weighted by Gasteiger charge is -2.37. The van der Waals surface area contributed by atoms with Gasteiger partial charge >= 0.3 is 5.97 Å². The van der Waals surface area contributed by atoms with Crippen LogP contribution in [0.5, 0.6) is 0 Å². The van der Waals surface area contributed by atoms with Gasteiger partial charge in [0.1, 0.15) is 5.54 Å². The molecule has 1 aliphatic carbocycles. The second-order valence-corrected chi connectivity index (χ2v) is 5.88. The molecule has 0 amide bonds. The number of methoxy groups -OCH3 is 1. The summed E-state index contributed by atoms with van der Waals surface area (Å²) in [5.74, 6) is 0.668. The van der Waals surface area contributed by atoms with Crippen molar-refractivity contribution in [3.63, 3.8) is 0 Å². The quantitative estimate of drug-likeness (QED) is 0.651. The van der Waals surface area contributed by atoms with Crippen LogP contribution in [-0.4, -0.2) is 49.7 Å². The zero-order chi connectivity index (χ0) is 14.3. The van der Waals surface area contributed by atoms with Crippen LogP contribution in [0.3, 0.4) is 0 Å². The third-order valence-corrected chi connectivity index (χ3v) is 4.13. The van der Waals surface area contributed by atoms with Crippen molar-refractivity contribution in [3.05, 3.63) is 0 Å². The normalized spacial score (nSPS) is 19.0. The first-order valence-electron chi connectivity index (χ1n) is 7.61. The monoisotopic (exact) mass is 270 g/mol. The Labute approximate surface area is 117 Å². The van der Waals surface area contributed by atoms with E-state index in [2.05, 4.69) is 24.1 Å². The summed E-state index contributed by atoms with van der Waals surface area (Å²) in [6, 6.07) is 0. The van der Waals surface area contributed by atoms with E-state index in [0.29, 0.717) is 0 Å².